The van der Waals surface area contributed by atoms with Crippen molar-refractivity contribution in [1.29, 1.82) is 0 Å². The Morgan fingerprint density at radius 2 is 2.29 bits per heavy atom. The number of rotatable bonds is 0. The molecule has 0 bridgehead atoms. The molecule has 3 heteroatoms. The number of carbonyl (C=O) groups is 1. The number of nitrogens with one attached hydrogen (secondary N) is 1. The van der Waals surface area contributed by atoms with Crippen LogP contribution in [0.4, 0.5) is 0 Å². The molecule has 0 saturated carbocycles. The summed E-state index contributed by atoms with van der Waals surface area (Å²) < 4.78 is 0. The van der Waals surface area contributed by atoms with E-state index in [2.05, 4.69) is 5.32 Å². The molecule has 1 rings (SSSR count). The lowest BCUT2D eigenvalue weighted by molar-refractivity contribution is -0.119. The fourth-order valence-corrected chi connectivity index (χ4v) is 0.565. The van der Waals surface area contributed by atoms with E-state index in [1.54, 1.807) is 0 Å². The number of halogens is 1. The fourth-order valence-electron chi connectivity index (χ4n) is 0.565. The minimum absolute atomic E-state index is 0. The van der Waals surface area contributed by atoms with Crippen molar-refractivity contribution in [2.45, 2.75) is 12.8 Å². The molecule has 1 amide bonds. The van der Waals surface area contributed by atoms with Crippen molar-refractivity contribution in [3.8, 4) is 0 Å². The minimum Gasteiger partial charge on any atom is -1.00 e. The largest absolute Gasteiger partial charge is 1.00 e. The zero-order chi connectivity index (χ0) is 4.41. The van der Waals surface area contributed by atoms with E-state index in [0.29, 0.717) is 0 Å². The summed E-state index contributed by atoms with van der Waals surface area (Å²) in [6.45, 7) is 0.888. The molecule has 42 valence electrons. The van der Waals surface area contributed by atoms with Gasteiger partial charge in [0.25, 0.3) is 0 Å². The number of carbonyl (C=O) groups excluding carboxylic acids is 1. The van der Waals surface area contributed by atoms with Crippen LogP contribution in [0.25, 0.3) is 0 Å². The zero-order valence-corrected chi connectivity index (χ0v) is 3.91. The summed E-state index contributed by atoms with van der Waals surface area (Å²) in [5, 5.41) is 2.68. The predicted octanol–water partition coefficient (Wildman–Crippen LogP) is -3.10. The van der Waals surface area contributed by atoms with Crippen LogP contribution >= 0.6 is 0 Å². The molecule has 0 unspecified atom stereocenters. The van der Waals surface area contributed by atoms with Crippen LogP contribution in [0.5, 0.6) is 0 Å². The summed E-state index contributed by atoms with van der Waals surface area (Å²) in [6, 6.07) is 0. The first-order chi connectivity index (χ1) is 2.89. The maximum absolute atomic E-state index is 10.1. The molecule has 1 N–H and O–H groups in total. The number of hydrogen-bond donors (Lipinski definition) is 1. The molecule has 2 nitrogen and oxygen atoms in total. The average Bonchev–Trinajstić information content (AvgIpc) is 1.86. The topological polar surface area (TPSA) is 29.1 Å². The molecular formula is C4H7FNO-. The summed E-state index contributed by atoms with van der Waals surface area (Å²) in [7, 11) is 0. The maximum Gasteiger partial charge on any atom is 0.220 e. The van der Waals surface area contributed by atoms with Crippen molar-refractivity contribution in [3.05, 3.63) is 0 Å². The van der Waals surface area contributed by atoms with E-state index in [4.69, 9.17) is 0 Å². The highest BCUT2D eigenvalue weighted by molar-refractivity contribution is 5.77. The summed E-state index contributed by atoms with van der Waals surface area (Å²) in [4.78, 5) is 10.1. The Kier molecular flexibility index (Phi) is 2.33. The first-order valence-electron chi connectivity index (χ1n) is 2.16. The second-order valence-electron chi connectivity index (χ2n) is 1.45. The van der Waals surface area contributed by atoms with Crippen LogP contribution in [-0.4, -0.2) is 12.5 Å². The Hall–Kier alpha value is -0.600. The van der Waals surface area contributed by atoms with Crippen LogP contribution < -0.4 is 10.0 Å². The predicted molar refractivity (Wildman–Crippen MR) is 22.2 cm³/mol. The third kappa shape index (κ3) is 1.52. The van der Waals surface area contributed by atoms with Gasteiger partial charge in [-0.1, -0.05) is 0 Å². The Bertz CT molecular complexity index is 66.1. The Labute approximate surface area is 41.3 Å². The van der Waals surface area contributed by atoms with Gasteiger partial charge >= 0.3 is 0 Å². The monoisotopic (exact) mass is 104 g/mol. The summed E-state index contributed by atoms with van der Waals surface area (Å²) >= 11 is 0. The van der Waals surface area contributed by atoms with Crippen molar-refractivity contribution < 1.29 is 9.50 Å². The van der Waals surface area contributed by atoms with Gasteiger partial charge in [0, 0.05) is 13.0 Å². The second-order valence-corrected chi connectivity index (χ2v) is 1.45. The van der Waals surface area contributed by atoms with Crippen molar-refractivity contribution in [2.75, 3.05) is 6.54 Å². The van der Waals surface area contributed by atoms with Gasteiger partial charge in [0.05, 0.1) is 0 Å². The van der Waals surface area contributed by atoms with E-state index in [0.717, 1.165) is 19.4 Å². The summed E-state index contributed by atoms with van der Waals surface area (Å²) in [5.41, 5.74) is 0. The Morgan fingerprint density at radius 1 is 1.57 bits per heavy atom. The number of amides is 1. The van der Waals surface area contributed by atoms with Gasteiger partial charge in [-0.15, -0.1) is 0 Å². The molecule has 0 aromatic rings. The van der Waals surface area contributed by atoms with Crippen LogP contribution in [0, 0.1) is 0 Å². The van der Waals surface area contributed by atoms with E-state index in [1.165, 1.54) is 0 Å². The van der Waals surface area contributed by atoms with Gasteiger partial charge in [0.2, 0.25) is 5.91 Å². The lowest BCUT2D eigenvalue weighted by Crippen LogP contribution is -3.00. The normalized spacial score (nSPS) is 18.0. The molecule has 0 aromatic carbocycles. The number of hydrogen-bond acceptors (Lipinski definition) is 1. The van der Waals surface area contributed by atoms with E-state index >= 15 is 0 Å². The van der Waals surface area contributed by atoms with Crippen molar-refractivity contribution in [2.24, 2.45) is 0 Å². The van der Waals surface area contributed by atoms with Gasteiger partial charge in [0.15, 0.2) is 0 Å². The Morgan fingerprint density at radius 3 is 2.43 bits per heavy atom. The lowest BCUT2D eigenvalue weighted by atomic mass is 10.4. The second kappa shape index (κ2) is 2.55. The molecule has 7 heavy (non-hydrogen) atoms. The first kappa shape index (κ1) is 6.40. The first-order valence-corrected chi connectivity index (χ1v) is 2.16. The molecule has 0 atom stereocenters. The van der Waals surface area contributed by atoms with Crippen LogP contribution in [0.1, 0.15) is 12.8 Å². The smallest absolute Gasteiger partial charge is 0.220 e. The van der Waals surface area contributed by atoms with Gasteiger partial charge in [0.1, 0.15) is 0 Å². The standard InChI is InChI=1S/C4H7NO.FH/c6-4-2-1-3-5-4;/h1-3H2,(H,5,6);1H/p-1. The van der Waals surface area contributed by atoms with Gasteiger partial charge < -0.3 is 10.0 Å². The van der Waals surface area contributed by atoms with Gasteiger partial charge in [-0.05, 0) is 6.42 Å². The van der Waals surface area contributed by atoms with Crippen molar-refractivity contribution in [3.63, 3.8) is 0 Å². The quantitative estimate of drug-likeness (QED) is 0.346. The highest BCUT2D eigenvalue weighted by atomic mass is 19.0. The average molecular weight is 104 g/mol. The molecular weight excluding hydrogens is 97.0 g/mol. The summed E-state index contributed by atoms with van der Waals surface area (Å²) in [5.74, 6) is 0.204. The molecule has 1 heterocycles. The Balaban J connectivity index is 0.000000360. The SMILES string of the molecule is O=C1CCCN1.[F-]. The van der Waals surface area contributed by atoms with Gasteiger partial charge in [-0.2, -0.15) is 0 Å². The van der Waals surface area contributed by atoms with Crippen LogP contribution in [0.3, 0.4) is 0 Å². The minimum atomic E-state index is 0. The summed E-state index contributed by atoms with van der Waals surface area (Å²) in [6.07, 6.45) is 1.76. The van der Waals surface area contributed by atoms with E-state index < -0.39 is 0 Å². The highest BCUT2D eigenvalue weighted by Gasteiger charge is 2.05. The molecule has 1 aliphatic heterocycles. The molecule has 1 aliphatic rings. The molecule has 0 spiro atoms. The zero-order valence-electron chi connectivity index (χ0n) is 3.91. The van der Waals surface area contributed by atoms with E-state index in [-0.39, 0.29) is 10.6 Å². The molecule has 1 saturated heterocycles. The van der Waals surface area contributed by atoms with Gasteiger partial charge in [-0.3, -0.25) is 4.79 Å². The van der Waals surface area contributed by atoms with E-state index in [9.17, 15) is 4.79 Å². The van der Waals surface area contributed by atoms with Crippen LogP contribution in [0.15, 0.2) is 0 Å². The lowest BCUT2D eigenvalue weighted by Gasteiger charge is -1.80. The third-order valence-electron chi connectivity index (χ3n) is 0.903. The highest BCUT2D eigenvalue weighted by Crippen LogP contribution is 1.93. The van der Waals surface area contributed by atoms with Gasteiger partial charge in [-0.25, -0.2) is 0 Å². The molecule has 1 fully saturated rings. The molecule has 0 aromatic heterocycles. The van der Waals surface area contributed by atoms with Crippen LogP contribution in [0.2, 0.25) is 0 Å². The van der Waals surface area contributed by atoms with Crippen molar-refractivity contribution in [1.82, 2.24) is 5.32 Å². The van der Waals surface area contributed by atoms with Crippen LogP contribution in [-0.2, 0) is 4.79 Å². The molecule has 0 aliphatic carbocycles. The molecule has 0 radical (unpaired) electrons. The van der Waals surface area contributed by atoms with Crippen molar-refractivity contribution >= 4 is 5.91 Å². The maximum atomic E-state index is 10.1. The van der Waals surface area contributed by atoms with E-state index in [1.807, 2.05) is 0 Å². The third-order valence-corrected chi connectivity index (χ3v) is 0.903. The fraction of sp³-hybridized carbons (Fsp3) is 0.750.